The molecule has 1 aliphatic heterocycles. The van der Waals surface area contributed by atoms with E-state index in [9.17, 15) is 9.59 Å². The van der Waals surface area contributed by atoms with Crippen LogP contribution in [0.25, 0.3) is 0 Å². The number of benzene rings is 1. The van der Waals surface area contributed by atoms with Gasteiger partial charge in [-0.2, -0.15) is 0 Å². The maximum atomic E-state index is 11.8. The van der Waals surface area contributed by atoms with E-state index in [1.165, 1.54) is 12.0 Å². The number of carbonyl (C=O) groups excluding carboxylic acids is 2. The molecule has 0 radical (unpaired) electrons. The van der Waals surface area contributed by atoms with Gasteiger partial charge in [-0.15, -0.1) is 0 Å². The predicted molar refractivity (Wildman–Crippen MR) is 132 cm³/mol. The lowest BCUT2D eigenvalue weighted by Crippen LogP contribution is -2.29. The summed E-state index contributed by atoms with van der Waals surface area (Å²) in [6, 6.07) is 5.57. The Hall–Kier alpha value is -2.13. The van der Waals surface area contributed by atoms with Crippen LogP contribution in [-0.2, 0) is 20.6 Å². The number of esters is 1. The maximum absolute atomic E-state index is 11.8. The maximum Gasteiger partial charge on any atom is 0.414 e. The molecule has 2 atom stereocenters. The molecule has 0 bridgehead atoms. The summed E-state index contributed by atoms with van der Waals surface area (Å²) < 4.78 is 28.0. The summed E-state index contributed by atoms with van der Waals surface area (Å²) in [7, 11) is 3.09. The van der Waals surface area contributed by atoms with Crippen molar-refractivity contribution in [3.05, 3.63) is 23.8 Å². The van der Waals surface area contributed by atoms with Gasteiger partial charge in [-0.1, -0.05) is 58.7 Å². The molecule has 1 aromatic rings. The average molecular weight is 476 g/mol. The Labute approximate surface area is 197 Å². The Kier molecular flexibility index (Phi) is 23.8. The summed E-state index contributed by atoms with van der Waals surface area (Å²) in [5.74, 6) is 0.601. The Morgan fingerprint density at radius 3 is 2.19 bits per heavy atom. The molecular weight excluding hydrogens is 432 g/mol. The Balaban J connectivity index is -0.000000727. The first-order chi connectivity index (χ1) is 15.3. The smallest absolute Gasteiger partial charge is 0.414 e. The van der Waals surface area contributed by atoms with Crippen molar-refractivity contribution in [2.24, 2.45) is 0 Å². The van der Waals surface area contributed by atoms with Crippen molar-refractivity contribution in [2.45, 2.75) is 67.2 Å². The lowest BCUT2D eigenvalue weighted by molar-refractivity contribution is -0.140. The van der Waals surface area contributed by atoms with Crippen LogP contribution in [0.5, 0.6) is 5.75 Å². The number of nitrogens with one attached hydrogen (secondary N) is 1. The summed E-state index contributed by atoms with van der Waals surface area (Å²) >= 11 is -1.86. The summed E-state index contributed by atoms with van der Waals surface area (Å²) in [4.78, 5) is 24.5. The van der Waals surface area contributed by atoms with Gasteiger partial charge in [0.15, 0.2) is 0 Å². The number of amides is 1. The van der Waals surface area contributed by atoms with Crippen molar-refractivity contribution in [1.82, 2.24) is 4.90 Å². The van der Waals surface area contributed by atoms with Crippen LogP contribution in [0.4, 0.5) is 10.5 Å². The fraction of sp³-hybridized carbons (Fsp3) is 0.652. The van der Waals surface area contributed by atoms with Gasteiger partial charge in [0, 0.05) is 44.2 Å². The summed E-state index contributed by atoms with van der Waals surface area (Å²) in [6.07, 6.45) is 1.85. The molecule has 0 saturated heterocycles. The topological polar surface area (TPSA) is 108 Å². The van der Waals surface area contributed by atoms with E-state index in [4.69, 9.17) is 13.5 Å². The van der Waals surface area contributed by atoms with Crippen LogP contribution in [0.2, 0.25) is 0 Å². The lowest BCUT2D eigenvalue weighted by Gasteiger charge is -2.15. The summed E-state index contributed by atoms with van der Waals surface area (Å²) in [5.41, 5.74) is 2.10. The Morgan fingerprint density at radius 2 is 1.72 bits per heavy atom. The molecule has 0 spiro atoms. The van der Waals surface area contributed by atoms with Crippen molar-refractivity contribution in [2.75, 3.05) is 38.8 Å². The van der Waals surface area contributed by atoms with Crippen molar-refractivity contribution >= 4 is 28.8 Å². The highest BCUT2D eigenvalue weighted by molar-refractivity contribution is 7.78. The Morgan fingerprint density at radius 1 is 1.19 bits per heavy atom. The molecule has 0 fully saturated rings. The Bertz CT molecular complexity index is 651. The average Bonchev–Trinajstić information content (AvgIpc) is 3.22. The highest BCUT2D eigenvalue weighted by Gasteiger charge is 2.23. The van der Waals surface area contributed by atoms with E-state index in [1.807, 2.05) is 60.6 Å². The second-order valence-corrected chi connectivity index (χ2v) is 6.53. The van der Waals surface area contributed by atoms with Crippen molar-refractivity contribution in [1.29, 1.82) is 0 Å². The molecule has 1 aliphatic rings. The third-order valence-corrected chi connectivity index (χ3v) is 3.92. The van der Waals surface area contributed by atoms with Gasteiger partial charge in [0.2, 0.25) is 0 Å². The molecule has 0 saturated carbocycles. The SMILES string of the molecule is CC.CC.CC.CCN(C)C(=O)Oc1ccc2c(c1)NCC2CCC(=O)OC.CS(=O)[O-]. The highest BCUT2D eigenvalue weighted by Crippen LogP contribution is 2.36. The molecule has 32 heavy (non-hydrogen) atoms. The second-order valence-electron chi connectivity index (χ2n) is 5.73. The van der Waals surface area contributed by atoms with Gasteiger partial charge in [-0.05, 0) is 31.2 Å². The molecular formula is C23H43N2O6S-. The third kappa shape index (κ3) is 14.8. The van der Waals surface area contributed by atoms with Gasteiger partial charge in [0.05, 0.1) is 7.11 Å². The molecule has 0 aliphatic carbocycles. The lowest BCUT2D eigenvalue weighted by atomic mass is 9.96. The molecule has 2 unspecified atom stereocenters. The fourth-order valence-corrected chi connectivity index (χ4v) is 2.41. The van der Waals surface area contributed by atoms with E-state index in [1.54, 1.807) is 13.1 Å². The number of hydrogen-bond acceptors (Lipinski definition) is 7. The van der Waals surface area contributed by atoms with Crippen LogP contribution in [0.1, 0.15) is 72.8 Å². The zero-order valence-electron chi connectivity index (χ0n) is 21.4. The van der Waals surface area contributed by atoms with Gasteiger partial charge < -0.3 is 24.2 Å². The van der Waals surface area contributed by atoms with Crippen LogP contribution in [-0.4, -0.2) is 59.2 Å². The number of fused-ring (bicyclic) bond motifs is 1. The molecule has 188 valence electrons. The molecule has 1 heterocycles. The molecule has 2 rings (SSSR count). The molecule has 8 nitrogen and oxygen atoms in total. The minimum Gasteiger partial charge on any atom is -0.773 e. The third-order valence-electron chi connectivity index (χ3n) is 3.92. The van der Waals surface area contributed by atoms with E-state index < -0.39 is 11.1 Å². The number of ether oxygens (including phenoxy) is 2. The molecule has 1 amide bonds. The largest absolute Gasteiger partial charge is 0.773 e. The summed E-state index contributed by atoms with van der Waals surface area (Å²) in [5, 5.41) is 3.29. The highest BCUT2D eigenvalue weighted by atomic mass is 32.2. The zero-order chi connectivity index (χ0) is 25.7. The quantitative estimate of drug-likeness (QED) is 0.462. The number of carbonyl (C=O) groups is 2. The number of anilines is 1. The van der Waals surface area contributed by atoms with Crippen molar-refractivity contribution in [3.8, 4) is 5.75 Å². The number of hydrogen-bond donors (Lipinski definition) is 1. The molecule has 1 aromatic carbocycles. The van der Waals surface area contributed by atoms with Gasteiger partial charge in [0.25, 0.3) is 0 Å². The van der Waals surface area contributed by atoms with Gasteiger partial charge in [-0.3, -0.25) is 9.00 Å². The van der Waals surface area contributed by atoms with E-state index in [2.05, 4.69) is 10.1 Å². The van der Waals surface area contributed by atoms with Gasteiger partial charge in [-0.25, -0.2) is 4.79 Å². The first-order valence-electron chi connectivity index (χ1n) is 11.2. The van der Waals surface area contributed by atoms with Crippen molar-refractivity contribution in [3.63, 3.8) is 0 Å². The fourth-order valence-electron chi connectivity index (χ4n) is 2.41. The van der Waals surface area contributed by atoms with Crippen LogP contribution >= 0.6 is 0 Å². The first kappa shape index (κ1) is 34.5. The second kappa shape index (κ2) is 22.1. The van der Waals surface area contributed by atoms with Crippen LogP contribution in [0, 0.1) is 0 Å². The van der Waals surface area contributed by atoms with Crippen LogP contribution in [0.15, 0.2) is 18.2 Å². The van der Waals surface area contributed by atoms with Gasteiger partial charge >= 0.3 is 12.1 Å². The number of methoxy groups -OCH3 is 1. The molecule has 9 heteroatoms. The first-order valence-corrected chi connectivity index (χ1v) is 12.6. The number of rotatable bonds is 5. The van der Waals surface area contributed by atoms with Crippen LogP contribution in [0.3, 0.4) is 0 Å². The van der Waals surface area contributed by atoms with Gasteiger partial charge in [0.1, 0.15) is 5.75 Å². The zero-order valence-corrected chi connectivity index (χ0v) is 22.3. The van der Waals surface area contributed by atoms with E-state index in [0.29, 0.717) is 18.7 Å². The van der Waals surface area contributed by atoms with E-state index in [-0.39, 0.29) is 18.0 Å². The molecule has 0 aromatic heterocycles. The summed E-state index contributed by atoms with van der Waals surface area (Å²) in [6.45, 7) is 15.3. The monoisotopic (exact) mass is 475 g/mol. The van der Waals surface area contributed by atoms with E-state index in [0.717, 1.165) is 30.5 Å². The van der Waals surface area contributed by atoms with Crippen LogP contribution < -0.4 is 10.1 Å². The minimum atomic E-state index is -1.86. The normalized spacial score (nSPS) is 13.3. The predicted octanol–water partition coefficient (Wildman–Crippen LogP) is 5.17. The molecule has 1 N–H and O–H groups in total. The van der Waals surface area contributed by atoms with E-state index >= 15 is 0 Å². The standard InChI is InChI=1S/C16H22N2O4.3C2H6.CH4O2S/c1-4-18(2)16(20)22-12-6-7-13-11(5-8-15(19)21-3)10-17-14(13)9-12;3*1-2;1-4(2)3/h6-7,9,11,17H,4-5,8,10H2,1-3H3;3*1-2H3;1H3,(H,2,3)/p-1. The minimum absolute atomic E-state index is 0.193. The van der Waals surface area contributed by atoms with Crippen molar-refractivity contribution < 1.29 is 27.8 Å². The number of nitrogens with zero attached hydrogens (tertiary/aromatic N) is 1.